The van der Waals surface area contributed by atoms with E-state index in [1.807, 2.05) is 94.4 Å². The van der Waals surface area contributed by atoms with Crippen LogP contribution in [0.3, 0.4) is 0 Å². The Balaban J connectivity index is 1.78. The van der Waals surface area contributed by atoms with Gasteiger partial charge in [0.25, 0.3) is 11.8 Å². The van der Waals surface area contributed by atoms with Crippen LogP contribution in [0, 0.1) is 13.8 Å². The normalized spacial score (nSPS) is 13.9. The lowest BCUT2D eigenvalue weighted by molar-refractivity contribution is -0.120. The number of imide groups is 1. The van der Waals surface area contributed by atoms with Crippen LogP contribution in [0.2, 0.25) is 0 Å². The number of carbonyl (C=O) groups is 2. The smallest absolute Gasteiger partial charge is 0.282 e. The Morgan fingerprint density at radius 1 is 0.800 bits per heavy atom. The van der Waals surface area contributed by atoms with E-state index >= 15 is 0 Å². The first-order chi connectivity index (χ1) is 16.7. The van der Waals surface area contributed by atoms with E-state index in [0.29, 0.717) is 28.5 Å². The predicted molar refractivity (Wildman–Crippen MR) is 142 cm³/mol. The summed E-state index contributed by atoms with van der Waals surface area (Å²) in [5, 5.41) is 3.25. The Morgan fingerprint density at radius 3 is 2.06 bits per heavy atom. The molecular formula is C30H32N2O3. The van der Waals surface area contributed by atoms with E-state index < -0.39 is 0 Å². The highest BCUT2D eigenvalue weighted by molar-refractivity contribution is 6.46. The average Bonchev–Trinajstić information content (AvgIpc) is 3.05. The van der Waals surface area contributed by atoms with Gasteiger partial charge in [0, 0.05) is 5.69 Å². The zero-order valence-corrected chi connectivity index (χ0v) is 21.2. The number of rotatable bonds is 7. The van der Waals surface area contributed by atoms with Crippen molar-refractivity contribution in [1.82, 2.24) is 0 Å². The third-order valence-corrected chi connectivity index (χ3v) is 6.05. The summed E-state index contributed by atoms with van der Waals surface area (Å²) in [6.45, 7) is 12.1. The first kappa shape index (κ1) is 24.3. The van der Waals surface area contributed by atoms with E-state index in [1.165, 1.54) is 10.5 Å². The number of aryl methyl sites for hydroxylation is 2. The van der Waals surface area contributed by atoms with Crippen molar-refractivity contribution in [3.8, 4) is 5.75 Å². The van der Waals surface area contributed by atoms with Crippen molar-refractivity contribution in [3.63, 3.8) is 0 Å². The van der Waals surface area contributed by atoms with Crippen molar-refractivity contribution < 1.29 is 14.3 Å². The van der Waals surface area contributed by atoms with E-state index in [4.69, 9.17) is 4.74 Å². The van der Waals surface area contributed by atoms with Gasteiger partial charge in [-0.15, -0.1) is 0 Å². The number of nitrogens with one attached hydrogen (secondary N) is 1. The molecule has 4 rings (SSSR count). The Labute approximate surface area is 207 Å². The van der Waals surface area contributed by atoms with Gasteiger partial charge in [0.05, 0.1) is 17.4 Å². The minimum atomic E-state index is -0.367. The van der Waals surface area contributed by atoms with E-state index in [9.17, 15) is 9.59 Å². The Morgan fingerprint density at radius 2 is 1.46 bits per heavy atom. The number of carbonyl (C=O) groups excluding carboxylic acids is 2. The molecule has 35 heavy (non-hydrogen) atoms. The molecule has 2 amide bonds. The molecule has 0 atom stereocenters. The van der Waals surface area contributed by atoms with Gasteiger partial charge >= 0.3 is 0 Å². The van der Waals surface area contributed by atoms with Crippen molar-refractivity contribution in [1.29, 1.82) is 0 Å². The number of anilines is 2. The Kier molecular flexibility index (Phi) is 6.79. The summed E-state index contributed by atoms with van der Waals surface area (Å²) in [5.41, 5.74) is 5.68. The van der Waals surface area contributed by atoms with Crippen LogP contribution in [0.5, 0.6) is 5.75 Å². The Hall–Kier alpha value is -3.86. The van der Waals surface area contributed by atoms with E-state index in [0.717, 1.165) is 16.8 Å². The molecule has 0 unspecified atom stereocenters. The fourth-order valence-electron chi connectivity index (χ4n) is 4.16. The zero-order chi connectivity index (χ0) is 25.3. The molecule has 0 bridgehead atoms. The highest BCUT2D eigenvalue weighted by Gasteiger charge is 2.40. The third-order valence-electron chi connectivity index (χ3n) is 6.05. The summed E-state index contributed by atoms with van der Waals surface area (Å²) in [7, 11) is 0. The quantitative estimate of drug-likeness (QED) is 0.396. The zero-order valence-electron chi connectivity index (χ0n) is 21.2. The molecule has 1 heterocycles. The molecule has 5 nitrogen and oxygen atoms in total. The molecule has 0 radical (unpaired) electrons. The van der Waals surface area contributed by atoms with Crippen molar-refractivity contribution in [2.75, 3.05) is 10.2 Å². The number of nitrogens with zero attached hydrogens (tertiary/aromatic N) is 1. The molecule has 5 heteroatoms. The summed E-state index contributed by atoms with van der Waals surface area (Å²) in [6.07, 6.45) is 0.0422. The van der Waals surface area contributed by atoms with Crippen molar-refractivity contribution in [2.45, 2.75) is 53.6 Å². The van der Waals surface area contributed by atoms with Crippen molar-refractivity contribution in [2.24, 2.45) is 0 Å². The van der Waals surface area contributed by atoms with Gasteiger partial charge in [0.1, 0.15) is 11.4 Å². The van der Waals surface area contributed by atoms with E-state index in [2.05, 4.69) is 19.2 Å². The van der Waals surface area contributed by atoms with Gasteiger partial charge in [-0.1, -0.05) is 50.2 Å². The van der Waals surface area contributed by atoms with Crippen LogP contribution < -0.4 is 15.0 Å². The first-order valence-corrected chi connectivity index (χ1v) is 12.0. The molecule has 0 saturated carbocycles. The van der Waals surface area contributed by atoms with Crippen LogP contribution in [0.1, 0.15) is 55.9 Å². The monoisotopic (exact) mass is 468 g/mol. The Bertz CT molecular complexity index is 1290. The molecule has 1 aliphatic rings. The maximum absolute atomic E-state index is 13.8. The highest BCUT2D eigenvalue weighted by Crippen LogP contribution is 2.36. The van der Waals surface area contributed by atoms with Gasteiger partial charge in [0.2, 0.25) is 0 Å². The molecule has 180 valence electrons. The summed E-state index contributed by atoms with van der Waals surface area (Å²) >= 11 is 0. The molecule has 3 aromatic carbocycles. The summed E-state index contributed by atoms with van der Waals surface area (Å²) in [5.74, 6) is 0.405. The van der Waals surface area contributed by atoms with Gasteiger partial charge in [-0.25, -0.2) is 4.90 Å². The largest absolute Gasteiger partial charge is 0.491 e. The summed E-state index contributed by atoms with van der Waals surface area (Å²) in [4.78, 5) is 28.8. The maximum Gasteiger partial charge on any atom is 0.282 e. The van der Waals surface area contributed by atoms with Crippen LogP contribution >= 0.6 is 0 Å². The number of benzene rings is 3. The minimum Gasteiger partial charge on any atom is -0.491 e. The molecule has 0 saturated heterocycles. The summed E-state index contributed by atoms with van der Waals surface area (Å²) in [6, 6.07) is 21.1. The third kappa shape index (κ3) is 4.99. The van der Waals surface area contributed by atoms with Gasteiger partial charge in [0.15, 0.2) is 0 Å². The van der Waals surface area contributed by atoms with Crippen molar-refractivity contribution >= 4 is 28.8 Å². The minimum absolute atomic E-state index is 0.0422. The fourth-order valence-corrected chi connectivity index (χ4v) is 4.16. The standard InChI is InChI=1S/C30H32N2O3/c1-18(2)22-9-13-24(14-10-22)31-28-27(23-11-15-25(16-12-23)35-19(3)4)29(33)32(30(28)34)26-17-20(5)7-8-21(26)6/h7-19,31H,1-6H3. The number of hydrogen-bond donors (Lipinski definition) is 1. The second-order valence-corrected chi connectivity index (χ2v) is 9.58. The van der Waals surface area contributed by atoms with Gasteiger partial charge < -0.3 is 10.1 Å². The van der Waals surface area contributed by atoms with Gasteiger partial charge in [-0.2, -0.15) is 0 Å². The predicted octanol–water partition coefficient (Wildman–Crippen LogP) is 6.61. The molecular weight excluding hydrogens is 436 g/mol. The molecule has 0 fully saturated rings. The molecule has 0 aromatic heterocycles. The van der Waals surface area contributed by atoms with E-state index in [-0.39, 0.29) is 23.6 Å². The lowest BCUT2D eigenvalue weighted by atomic mass is 10.0. The lowest BCUT2D eigenvalue weighted by Crippen LogP contribution is -2.33. The van der Waals surface area contributed by atoms with Crippen LogP contribution in [0.4, 0.5) is 11.4 Å². The van der Waals surface area contributed by atoms with Crippen LogP contribution in [0.25, 0.3) is 5.57 Å². The second kappa shape index (κ2) is 9.79. The number of hydrogen-bond acceptors (Lipinski definition) is 4. The second-order valence-electron chi connectivity index (χ2n) is 9.58. The molecule has 3 aromatic rings. The number of amides is 2. The topological polar surface area (TPSA) is 58.6 Å². The fraction of sp³-hybridized carbons (Fsp3) is 0.267. The number of ether oxygens (including phenoxy) is 1. The lowest BCUT2D eigenvalue weighted by Gasteiger charge is -2.18. The average molecular weight is 469 g/mol. The van der Waals surface area contributed by atoms with Crippen LogP contribution in [0.15, 0.2) is 72.4 Å². The van der Waals surface area contributed by atoms with Gasteiger partial charge in [-0.05, 0) is 86.2 Å². The maximum atomic E-state index is 13.8. The first-order valence-electron chi connectivity index (χ1n) is 12.0. The highest BCUT2D eigenvalue weighted by atomic mass is 16.5. The van der Waals surface area contributed by atoms with Crippen molar-refractivity contribution in [3.05, 3.63) is 94.7 Å². The molecule has 0 spiro atoms. The molecule has 1 aliphatic heterocycles. The summed E-state index contributed by atoms with van der Waals surface area (Å²) < 4.78 is 5.76. The molecule has 1 N–H and O–H groups in total. The molecule has 0 aliphatic carbocycles. The van der Waals surface area contributed by atoms with Crippen LogP contribution in [-0.4, -0.2) is 17.9 Å². The van der Waals surface area contributed by atoms with Crippen LogP contribution in [-0.2, 0) is 9.59 Å². The SMILES string of the molecule is Cc1ccc(C)c(N2C(=O)C(Nc3ccc(C(C)C)cc3)=C(c3ccc(OC(C)C)cc3)C2=O)c1. The van der Waals surface area contributed by atoms with Gasteiger partial charge in [-0.3, -0.25) is 9.59 Å². The van der Waals surface area contributed by atoms with E-state index in [1.54, 1.807) is 0 Å².